The lowest BCUT2D eigenvalue weighted by atomic mass is 10.1. The summed E-state index contributed by atoms with van der Waals surface area (Å²) in [4.78, 5) is 9.12. The van der Waals surface area contributed by atoms with Crippen LogP contribution in [0.4, 0.5) is 0 Å². The number of hydrogen-bond acceptors (Lipinski definition) is 5. The van der Waals surface area contributed by atoms with E-state index in [1.165, 1.54) is 6.26 Å². The Kier molecular flexibility index (Phi) is 9.54. The lowest BCUT2D eigenvalue weighted by Gasteiger charge is -2.30. The van der Waals surface area contributed by atoms with Crippen molar-refractivity contribution in [2.45, 2.75) is 25.8 Å². The summed E-state index contributed by atoms with van der Waals surface area (Å²) in [5.41, 5.74) is -0.573. The Morgan fingerprint density at radius 1 is 1.27 bits per heavy atom. The quantitative estimate of drug-likeness (QED) is 0.305. The van der Waals surface area contributed by atoms with Crippen LogP contribution in [0.25, 0.3) is 0 Å². The Morgan fingerprint density at radius 2 is 1.92 bits per heavy atom. The third-order valence-electron chi connectivity index (χ3n) is 4.57. The average molecular weight is 503 g/mol. The van der Waals surface area contributed by atoms with E-state index in [0.29, 0.717) is 12.5 Å². The molecule has 10 heteroatoms. The maximum Gasteiger partial charge on any atom is 0.209 e. The highest BCUT2D eigenvalue weighted by Gasteiger charge is 2.28. The van der Waals surface area contributed by atoms with Crippen LogP contribution in [-0.2, 0) is 14.8 Å². The second-order valence-electron chi connectivity index (χ2n) is 7.67. The minimum Gasteiger partial charge on any atom is -0.379 e. The van der Waals surface area contributed by atoms with Gasteiger partial charge < -0.3 is 15.0 Å². The van der Waals surface area contributed by atoms with Gasteiger partial charge in [-0.2, -0.15) is 0 Å². The zero-order valence-electron chi connectivity index (χ0n) is 16.3. The largest absolute Gasteiger partial charge is 0.379 e. The van der Waals surface area contributed by atoms with Crippen LogP contribution < -0.4 is 10.0 Å². The summed E-state index contributed by atoms with van der Waals surface area (Å²) in [6, 6.07) is 0. The molecule has 0 radical (unpaired) electrons. The molecule has 0 aromatic carbocycles. The fourth-order valence-electron chi connectivity index (χ4n) is 3.49. The van der Waals surface area contributed by atoms with E-state index in [-0.39, 0.29) is 24.0 Å². The number of ether oxygens (including phenoxy) is 1. The molecule has 2 rings (SSSR count). The van der Waals surface area contributed by atoms with Crippen molar-refractivity contribution in [1.29, 1.82) is 0 Å². The van der Waals surface area contributed by atoms with Crippen LogP contribution in [-0.4, -0.2) is 95.5 Å². The maximum atomic E-state index is 11.5. The highest BCUT2D eigenvalue weighted by Crippen LogP contribution is 2.18. The summed E-state index contributed by atoms with van der Waals surface area (Å²) in [6.07, 6.45) is 2.34. The zero-order valence-corrected chi connectivity index (χ0v) is 19.5. The van der Waals surface area contributed by atoms with Crippen LogP contribution >= 0.6 is 24.0 Å². The van der Waals surface area contributed by atoms with E-state index in [2.05, 4.69) is 24.8 Å². The van der Waals surface area contributed by atoms with Crippen molar-refractivity contribution in [3.05, 3.63) is 0 Å². The van der Waals surface area contributed by atoms with Gasteiger partial charge in [0.2, 0.25) is 10.0 Å². The molecule has 0 aliphatic carbocycles. The smallest absolute Gasteiger partial charge is 0.209 e. The van der Waals surface area contributed by atoms with Gasteiger partial charge in [0.1, 0.15) is 0 Å². The fraction of sp³-hybridized carbons (Fsp3) is 0.938. The molecule has 2 fully saturated rings. The minimum atomic E-state index is -3.24. The van der Waals surface area contributed by atoms with Crippen LogP contribution in [0, 0.1) is 5.92 Å². The molecule has 1 atom stereocenters. The first-order valence-corrected chi connectivity index (χ1v) is 10.8. The van der Waals surface area contributed by atoms with Gasteiger partial charge in [-0.15, -0.1) is 24.0 Å². The van der Waals surface area contributed by atoms with Crippen molar-refractivity contribution in [1.82, 2.24) is 19.8 Å². The first kappa shape index (κ1) is 23.9. The van der Waals surface area contributed by atoms with Gasteiger partial charge in [-0.1, -0.05) is 0 Å². The number of hydrogen-bond donors (Lipinski definition) is 2. The summed E-state index contributed by atoms with van der Waals surface area (Å²) in [5.74, 6) is 1.48. The highest BCUT2D eigenvalue weighted by atomic mass is 127. The van der Waals surface area contributed by atoms with Gasteiger partial charge in [-0.05, 0) is 26.2 Å². The van der Waals surface area contributed by atoms with Gasteiger partial charge in [0.25, 0.3) is 0 Å². The number of guanidine groups is 1. The molecule has 0 spiro atoms. The molecular formula is C16H34IN5O3S. The Labute approximate surface area is 175 Å². The summed E-state index contributed by atoms with van der Waals surface area (Å²) in [6.45, 7) is 11.0. The van der Waals surface area contributed by atoms with Crippen LogP contribution in [0.5, 0.6) is 0 Å². The van der Waals surface area contributed by atoms with Crippen LogP contribution in [0.15, 0.2) is 4.99 Å². The van der Waals surface area contributed by atoms with Gasteiger partial charge in [-0.25, -0.2) is 13.1 Å². The summed E-state index contributed by atoms with van der Waals surface area (Å²) < 4.78 is 31.0. The van der Waals surface area contributed by atoms with E-state index < -0.39 is 15.6 Å². The van der Waals surface area contributed by atoms with Crippen molar-refractivity contribution in [3.8, 4) is 0 Å². The molecule has 2 saturated heterocycles. The molecular weight excluding hydrogens is 469 g/mol. The van der Waals surface area contributed by atoms with E-state index in [4.69, 9.17) is 4.74 Å². The van der Waals surface area contributed by atoms with E-state index in [1.54, 1.807) is 7.05 Å². The average Bonchev–Trinajstić information content (AvgIpc) is 2.95. The van der Waals surface area contributed by atoms with Gasteiger partial charge in [0.15, 0.2) is 5.96 Å². The molecule has 0 aromatic rings. The van der Waals surface area contributed by atoms with Crippen LogP contribution in [0.3, 0.4) is 0 Å². The van der Waals surface area contributed by atoms with E-state index in [9.17, 15) is 8.42 Å². The predicted octanol–water partition coefficient (Wildman–Crippen LogP) is 0.162. The van der Waals surface area contributed by atoms with Crippen molar-refractivity contribution in [3.63, 3.8) is 0 Å². The normalized spacial score (nSPS) is 23.0. The number of likely N-dealkylation sites (tertiary alicyclic amines) is 1. The molecule has 1 unspecified atom stereocenters. The topological polar surface area (TPSA) is 86.3 Å². The second kappa shape index (κ2) is 10.4. The number of morpholine rings is 1. The molecule has 2 N–H and O–H groups in total. The maximum absolute atomic E-state index is 11.5. The standard InChI is InChI=1S/C16H33N5O3S.HI/c1-16(2,19-25(4,22)23)13-18-15(17-3)21-6-5-14(12-21)11-20-7-9-24-10-8-20;/h14,19H,5-13H2,1-4H3,(H,17,18);1H. The number of rotatable bonds is 6. The third kappa shape index (κ3) is 8.24. The minimum absolute atomic E-state index is 0. The molecule has 2 aliphatic rings. The Balaban J connectivity index is 0.00000338. The van der Waals surface area contributed by atoms with Gasteiger partial charge in [0, 0.05) is 51.9 Å². The predicted molar refractivity (Wildman–Crippen MR) is 116 cm³/mol. The number of aliphatic imine (C=N–C) groups is 1. The van der Waals surface area contributed by atoms with E-state index in [0.717, 1.165) is 58.3 Å². The van der Waals surface area contributed by atoms with E-state index in [1.807, 2.05) is 13.8 Å². The third-order valence-corrected chi connectivity index (χ3v) is 5.49. The number of nitrogens with one attached hydrogen (secondary N) is 2. The zero-order chi connectivity index (χ0) is 18.5. The molecule has 26 heavy (non-hydrogen) atoms. The molecule has 0 amide bonds. The highest BCUT2D eigenvalue weighted by molar-refractivity contribution is 14.0. The van der Waals surface area contributed by atoms with Crippen molar-refractivity contribution in [2.75, 3.05) is 65.8 Å². The number of sulfonamides is 1. The van der Waals surface area contributed by atoms with Gasteiger partial charge >= 0.3 is 0 Å². The molecule has 0 bridgehead atoms. The van der Waals surface area contributed by atoms with Crippen molar-refractivity contribution in [2.24, 2.45) is 10.9 Å². The molecule has 8 nitrogen and oxygen atoms in total. The second-order valence-corrected chi connectivity index (χ2v) is 9.42. The molecule has 0 saturated carbocycles. The lowest BCUT2D eigenvalue weighted by Crippen LogP contribution is -2.53. The monoisotopic (exact) mass is 503 g/mol. The Morgan fingerprint density at radius 3 is 2.50 bits per heavy atom. The lowest BCUT2D eigenvalue weighted by molar-refractivity contribution is 0.0315. The molecule has 0 aromatic heterocycles. The van der Waals surface area contributed by atoms with Crippen molar-refractivity contribution < 1.29 is 13.2 Å². The summed E-state index contributed by atoms with van der Waals surface area (Å²) in [5, 5.41) is 3.31. The van der Waals surface area contributed by atoms with Crippen molar-refractivity contribution >= 4 is 40.0 Å². The fourth-order valence-corrected chi connectivity index (χ4v) is 4.57. The first-order valence-electron chi connectivity index (χ1n) is 8.93. The SMILES string of the molecule is CN=C(NCC(C)(C)NS(C)(=O)=O)N1CCC(CN2CCOCC2)C1.I. The Bertz CT molecular complexity index is 564. The van der Waals surface area contributed by atoms with Gasteiger partial charge in [-0.3, -0.25) is 9.89 Å². The molecule has 154 valence electrons. The number of nitrogens with zero attached hydrogens (tertiary/aromatic N) is 3. The molecule has 2 aliphatic heterocycles. The Hall–Kier alpha value is -0.170. The summed E-state index contributed by atoms with van der Waals surface area (Å²) >= 11 is 0. The molecule has 2 heterocycles. The number of halogens is 1. The first-order chi connectivity index (χ1) is 11.7. The summed E-state index contributed by atoms with van der Waals surface area (Å²) in [7, 11) is -1.47. The van der Waals surface area contributed by atoms with Gasteiger partial charge in [0.05, 0.1) is 19.5 Å². The van der Waals surface area contributed by atoms with Crippen LogP contribution in [0.1, 0.15) is 20.3 Å². The van der Waals surface area contributed by atoms with E-state index >= 15 is 0 Å². The van der Waals surface area contributed by atoms with Crippen LogP contribution in [0.2, 0.25) is 0 Å².